The van der Waals surface area contributed by atoms with Crippen LogP contribution < -0.4 is 13.7 Å². The maximum absolute atomic E-state index is 12.1. The molecule has 4 bridgehead atoms. The van der Waals surface area contributed by atoms with Gasteiger partial charge in [-0.2, -0.15) is 0 Å². The molecule has 0 spiro atoms. The number of hydrogen-bond acceptors (Lipinski definition) is 5. The van der Waals surface area contributed by atoms with Crippen molar-refractivity contribution in [3.8, 4) is 5.75 Å². The summed E-state index contributed by atoms with van der Waals surface area (Å²) in [5.41, 5.74) is 3.51. The van der Waals surface area contributed by atoms with Crippen molar-refractivity contribution >= 4 is 29.8 Å². The Morgan fingerprint density at radius 3 is 2.28 bits per heavy atom. The SMILES string of the molecule is CCOC(=O)c1ccc([Se]c2cc(C34CC5CC(CC(C5)C3)C4)c(OCOCCOC)cc2C)cc1. The van der Waals surface area contributed by atoms with Gasteiger partial charge >= 0.3 is 222 Å². The molecule has 194 valence electrons. The van der Waals surface area contributed by atoms with Gasteiger partial charge < -0.3 is 0 Å². The van der Waals surface area contributed by atoms with Crippen LogP contribution in [0.4, 0.5) is 0 Å². The van der Waals surface area contributed by atoms with Gasteiger partial charge in [0.1, 0.15) is 0 Å². The van der Waals surface area contributed by atoms with Crippen LogP contribution in [0.3, 0.4) is 0 Å². The molecule has 0 atom stereocenters. The summed E-state index contributed by atoms with van der Waals surface area (Å²) in [5.74, 6) is 3.35. The van der Waals surface area contributed by atoms with Crippen molar-refractivity contribution in [2.24, 2.45) is 17.8 Å². The van der Waals surface area contributed by atoms with Crippen molar-refractivity contribution in [2.45, 2.75) is 57.8 Å². The molecular formula is C30H38O5Se. The third-order valence-electron chi connectivity index (χ3n) is 8.21. The van der Waals surface area contributed by atoms with Gasteiger partial charge in [-0.3, -0.25) is 0 Å². The number of benzene rings is 2. The Morgan fingerprint density at radius 2 is 1.67 bits per heavy atom. The van der Waals surface area contributed by atoms with Crippen LogP contribution in [0.15, 0.2) is 36.4 Å². The maximum atomic E-state index is 12.1. The first-order valence-electron chi connectivity index (χ1n) is 13.3. The summed E-state index contributed by atoms with van der Waals surface area (Å²) < 4.78 is 24.9. The minimum atomic E-state index is -0.258. The Labute approximate surface area is 221 Å². The molecule has 2 aromatic rings. The average molecular weight is 558 g/mol. The quantitative estimate of drug-likeness (QED) is 0.179. The zero-order chi connectivity index (χ0) is 25.1. The van der Waals surface area contributed by atoms with Gasteiger partial charge in [0.05, 0.1) is 0 Å². The molecule has 0 unspecified atom stereocenters. The topological polar surface area (TPSA) is 54.0 Å². The zero-order valence-electron chi connectivity index (χ0n) is 21.7. The standard InChI is InChI=1S/C30H38O5Se/c1-4-34-29(31)24-5-7-25(8-6-24)36-28-15-26(27(11-20(28)2)35-19-33-10-9-32-3)30-16-21-12-22(17-30)14-23(13-21)18-30/h5-8,11,15,21-23H,4,9-10,12-14,16-19H2,1-3H3. The second kappa shape index (κ2) is 11.3. The number of esters is 1. The van der Waals surface area contributed by atoms with E-state index in [0.29, 0.717) is 25.4 Å². The van der Waals surface area contributed by atoms with Gasteiger partial charge in [-0.1, -0.05) is 0 Å². The Bertz CT molecular complexity index is 1030. The van der Waals surface area contributed by atoms with E-state index < -0.39 is 0 Å². The van der Waals surface area contributed by atoms with Gasteiger partial charge in [-0.25, -0.2) is 0 Å². The van der Waals surface area contributed by atoms with Crippen molar-refractivity contribution in [2.75, 3.05) is 33.7 Å². The molecule has 36 heavy (non-hydrogen) atoms. The summed E-state index contributed by atoms with van der Waals surface area (Å²) in [4.78, 5) is 12.1. The van der Waals surface area contributed by atoms with Crippen LogP contribution in [0.1, 0.15) is 66.9 Å². The third-order valence-corrected chi connectivity index (χ3v) is 10.7. The van der Waals surface area contributed by atoms with E-state index in [1.54, 1.807) is 7.11 Å². The number of hydrogen-bond donors (Lipinski definition) is 0. The van der Waals surface area contributed by atoms with Gasteiger partial charge in [0.25, 0.3) is 0 Å². The summed E-state index contributed by atoms with van der Waals surface area (Å²) in [5, 5.41) is 0. The fourth-order valence-electron chi connectivity index (χ4n) is 7.05. The van der Waals surface area contributed by atoms with Gasteiger partial charge in [0, 0.05) is 0 Å². The number of methoxy groups -OCH3 is 1. The molecule has 4 saturated carbocycles. The predicted octanol–water partition coefficient (Wildman–Crippen LogP) is 4.29. The molecule has 0 N–H and O–H groups in total. The van der Waals surface area contributed by atoms with Crippen LogP contribution in [0.5, 0.6) is 5.75 Å². The van der Waals surface area contributed by atoms with Crippen molar-refractivity contribution in [1.82, 2.24) is 0 Å². The second-order valence-corrected chi connectivity index (χ2v) is 13.2. The normalized spacial score (nSPS) is 26.2. The molecule has 0 heterocycles. The first kappa shape index (κ1) is 25.8. The fraction of sp³-hybridized carbons (Fsp3) is 0.567. The molecule has 2 aromatic carbocycles. The number of aryl methyl sites for hydroxylation is 1. The summed E-state index contributed by atoms with van der Waals surface area (Å²) in [6.45, 7) is 5.77. The van der Waals surface area contributed by atoms with Crippen LogP contribution in [0.25, 0.3) is 0 Å². The monoisotopic (exact) mass is 558 g/mol. The average Bonchev–Trinajstić information content (AvgIpc) is 2.85. The second-order valence-electron chi connectivity index (χ2n) is 10.8. The van der Waals surface area contributed by atoms with Crippen LogP contribution >= 0.6 is 0 Å². The van der Waals surface area contributed by atoms with Crippen molar-refractivity contribution < 1.29 is 23.7 Å². The number of carbonyl (C=O) groups is 1. The van der Waals surface area contributed by atoms with E-state index in [0.717, 1.165) is 23.5 Å². The third kappa shape index (κ3) is 5.52. The van der Waals surface area contributed by atoms with Crippen LogP contribution in [0, 0.1) is 24.7 Å². The van der Waals surface area contributed by atoms with E-state index >= 15 is 0 Å². The van der Waals surface area contributed by atoms with Gasteiger partial charge in [-0.05, 0) is 0 Å². The minimum absolute atomic E-state index is 0.141. The summed E-state index contributed by atoms with van der Waals surface area (Å²) >= 11 is 0.141. The molecule has 5 nitrogen and oxygen atoms in total. The molecule has 0 saturated heterocycles. The summed E-state index contributed by atoms with van der Waals surface area (Å²) in [6.07, 6.45) is 8.15. The van der Waals surface area contributed by atoms with E-state index in [4.69, 9.17) is 18.9 Å². The summed E-state index contributed by atoms with van der Waals surface area (Å²) in [7, 11) is 1.68. The van der Waals surface area contributed by atoms with E-state index in [9.17, 15) is 4.79 Å². The van der Waals surface area contributed by atoms with Crippen LogP contribution in [0.2, 0.25) is 0 Å². The number of ether oxygens (including phenoxy) is 4. The molecule has 4 aliphatic rings. The molecule has 4 fully saturated rings. The molecule has 0 radical (unpaired) electrons. The number of rotatable bonds is 11. The van der Waals surface area contributed by atoms with Gasteiger partial charge in [0.2, 0.25) is 0 Å². The van der Waals surface area contributed by atoms with Crippen molar-refractivity contribution in [3.05, 3.63) is 53.1 Å². The summed E-state index contributed by atoms with van der Waals surface area (Å²) in [6, 6.07) is 12.6. The Morgan fingerprint density at radius 1 is 1.00 bits per heavy atom. The van der Waals surface area contributed by atoms with Crippen LogP contribution in [-0.2, 0) is 19.6 Å². The first-order valence-corrected chi connectivity index (χ1v) is 15.0. The van der Waals surface area contributed by atoms with E-state index in [1.807, 2.05) is 19.1 Å². The van der Waals surface area contributed by atoms with E-state index in [2.05, 4.69) is 31.2 Å². The molecule has 6 heteroatoms. The molecule has 4 aliphatic carbocycles. The zero-order valence-corrected chi connectivity index (χ0v) is 23.4. The molecular weight excluding hydrogens is 519 g/mol. The molecule has 0 aromatic heterocycles. The Hall–Kier alpha value is -1.85. The van der Waals surface area contributed by atoms with E-state index in [1.165, 1.54) is 58.6 Å². The van der Waals surface area contributed by atoms with Crippen molar-refractivity contribution in [3.63, 3.8) is 0 Å². The fourth-order valence-corrected chi connectivity index (χ4v) is 8.99. The van der Waals surface area contributed by atoms with Crippen LogP contribution in [-0.4, -0.2) is 54.6 Å². The van der Waals surface area contributed by atoms with Gasteiger partial charge in [0.15, 0.2) is 0 Å². The van der Waals surface area contributed by atoms with Gasteiger partial charge in [-0.15, -0.1) is 0 Å². The Kier molecular flexibility index (Phi) is 8.07. The molecule has 6 rings (SSSR count). The predicted molar refractivity (Wildman–Crippen MR) is 142 cm³/mol. The molecule has 0 amide bonds. The van der Waals surface area contributed by atoms with Crippen molar-refractivity contribution in [1.29, 1.82) is 0 Å². The molecule has 0 aliphatic heterocycles. The Balaban J connectivity index is 1.42. The van der Waals surface area contributed by atoms with E-state index in [-0.39, 0.29) is 33.1 Å². The number of carbonyl (C=O) groups excluding carboxylic acids is 1. The first-order chi connectivity index (χ1) is 17.5.